The van der Waals surface area contributed by atoms with Gasteiger partial charge in [0.1, 0.15) is 0 Å². The molecule has 0 saturated carbocycles. The maximum absolute atomic E-state index is 2.45. The first kappa shape index (κ1) is 42.6. The highest BCUT2D eigenvalue weighted by Gasteiger charge is 2.25. The van der Waals surface area contributed by atoms with Gasteiger partial charge in [0, 0.05) is 33.9 Å². The van der Waals surface area contributed by atoms with E-state index in [1.807, 2.05) is 0 Å². The van der Waals surface area contributed by atoms with E-state index >= 15 is 0 Å². The fourth-order valence-electron chi connectivity index (χ4n) is 10.9. The smallest absolute Gasteiger partial charge is 0.0540 e. The summed E-state index contributed by atoms with van der Waals surface area (Å²) < 4.78 is 0. The van der Waals surface area contributed by atoms with Crippen LogP contribution in [-0.4, -0.2) is 0 Å². The van der Waals surface area contributed by atoms with E-state index < -0.39 is 0 Å². The molecular weight excluding hydrogens is 869 g/mol. The molecule has 13 aromatic rings. The third kappa shape index (κ3) is 7.63. The van der Waals surface area contributed by atoms with Gasteiger partial charge in [-0.3, -0.25) is 0 Å². The van der Waals surface area contributed by atoms with Crippen LogP contribution < -0.4 is 9.80 Å². The van der Waals surface area contributed by atoms with E-state index in [-0.39, 0.29) is 0 Å². The zero-order valence-electron chi connectivity index (χ0n) is 39.6. The largest absolute Gasteiger partial charge is 0.310 e. The average Bonchev–Trinajstić information content (AvgIpc) is 3.46. The van der Waals surface area contributed by atoms with Crippen molar-refractivity contribution < 1.29 is 0 Å². The number of anilines is 6. The molecule has 338 valence electrons. The lowest BCUT2D eigenvalue weighted by Gasteiger charge is -2.30. The van der Waals surface area contributed by atoms with Crippen LogP contribution in [0.4, 0.5) is 34.1 Å². The summed E-state index contributed by atoms with van der Waals surface area (Å²) in [5, 5.41) is 9.57. The molecule has 0 fully saturated rings. The van der Waals surface area contributed by atoms with Crippen LogP contribution in [0, 0.1) is 0 Å². The normalized spacial score (nSPS) is 11.3. The number of hydrogen-bond donors (Lipinski definition) is 0. The minimum absolute atomic E-state index is 1.08. The molecule has 0 bridgehead atoms. The van der Waals surface area contributed by atoms with Crippen LogP contribution in [0.1, 0.15) is 0 Å². The van der Waals surface area contributed by atoms with E-state index in [2.05, 4.69) is 301 Å². The van der Waals surface area contributed by atoms with Crippen LogP contribution >= 0.6 is 0 Å². The van der Waals surface area contributed by atoms with Gasteiger partial charge in [-0.25, -0.2) is 0 Å². The third-order valence-corrected chi connectivity index (χ3v) is 14.2. The highest BCUT2D eigenvalue weighted by molar-refractivity contribution is 6.25. The molecule has 0 aliphatic rings. The van der Waals surface area contributed by atoms with Crippen molar-refractivity contribution in [2.45, 2.75) is 0 Å². The summed E-state index contributed by atoms with van der Waals surface area (Å²) in [5.74, 6) is 0. The standard InChI is InChI=1S/C70H48N2/c1-5-23-51(24-6-1)60-35-17-19-38-67(60)71(55-30-9-3-10-31-55)57-43-45-64-65(47-57)69(54-41-40-49-22-13-14-28-53(49)46-54)63-44-42-58(48-66(63)70(64)62-37-21-29-50-27-15-16-34-59(50)62)72(56-32-11-4-12-33-56)68-39-20-18-36-61(68)52-25-7-2-8-26-52/h1-48H. The molecule has 0 amide bonds. The molecule has 0 N–H and O–H groups in total. The molecular formula is C70H48N2. The predicted molar refractivity (Wildman–Crippen MR) is 308 cm³/mol. The zero-order valence-corrected chi connectivity index (χ0v) is 39.6. The maximum atomic E-state index is 2.45. The number of hydrogen-bond acceptors (Lipinski definition) is 2. The van der Waals surface area contributed by atoms with Crippen molar-refractivity contribution in [3.05, 3.63) is 291 Å². The van der Waals surface area contributed by atoms with Gasteiger partial charge in [-0.15, -0.1) is 0 Å². The van der Waals surface area contributed by atoms with Crippen molar-refractivity contribution in [1.29, 1.82) is 0 Å². The molecule has 0 atom stereocenters. The Morgan fingerprint density at radius 3 is 1.21 bits per heavy atom. The van der Waals surface area contributed by atoms with Crippen LogP contribution in [0.25, 0.3) is 87.6 Å². The Hall–Kier alpha value is -9.50. The summed E-state index contributed by atoms with van der Waals surface area (Å²) in [6, 6.07) is 106. The van der Waals surface area contributed by atoms with Crippen molar-refractivity contribution in [1.82, 2.24) is 0 Å². The second kappa shape index (κ2) is 18.4. The van der Waals surface area contributed by atoms with Gasteiger partial charge < -0.3 is 9.80 Å². The number of rotatable bonds is 10. The number of benzene rings is 13. The topological polar surface area (TPSA) is 6.48 Å². The first-order chi connectivity index (χ1) is 35.7. The lowest BCUT2D eigenvalue weighted by molar-refractivity contribution is 1.29. The summed E-state index contributed by atoms with van der Waals surface area (Å²) >= 11 is 0. The van der Waals surface area contributed by atoms with E-state index in [4.69, 9.17) is 0 Å². The van der Waals surface area contributed by atoms with Crippen molar-refractivity contribution in [3.8, 4) is 44.5 Å². The van der Waals surface area contributed by atoms with E-state index in [0.29, 0.717) is 0 Å². The molecule has 0 spiro atoms. The lowest BCUT2D eigenvalue weighted by Crippen LogP contribution is -2.11. The molecule has 0 aliphatic heterocycles. The van der Waals surface area contributed by atoms with E-state index in [1.54, 1.807) is 0 Å². The fourth-order valence-corrected chi connectivity index (χ4v) is 10.9. The van der Waals surface area contributed by atoms with Crippen LogP contribution in [0.3, 0.4) is 0 Å². The average molecular weight is 917 g/mol. The van der Waals surface area contributed by atoms with Crippen molar-refractivity contribution in [3.63, 3.8) is 0 Å². The maximum Gasteiger partial charge on any atom is 0.0540 e. The second-order valence-electron chi connectivity index (χ2n) is 18.4. The molecule has 2 heteroatoms. The Morgan fingerprint density at radius 2 is 0.625 bits per heavy atom. The Bertz CT molecular complexity index is 4090. The Balaban J connectivity index is 1.15. The van der Waals surface area contributed by atoms with Gasteiger partial charge in [-0.1, -0.05) is 224 Å². The fraction of sp³-hybridized carbons (Fsp3) is 0. The number of nitrogens with zero attached hydrogens (tertiary/aromatic N) is 2. The van der Waals surface area contributed by atoms with Crippen LogP contribution in [-0.2, 0) is 0 Å². The van der Waals surface area contributed by atoms with Gasteiger partial charge in [-0.2, -0.15) is 0 Å². The van der Waals surface area contributed by atoms with Crippen molar-refractivity contribution >= 4 is 77.2 Å². The van der Waals surface area contributed by atoms with Crippen LogP contribution in [0.5, 0.6) is 0 Å². The molecule has 0 unspecified atom stereocenters. The monoisotopic (exact) mass is 916 g/mol. The number of fused-ring (bicyclic) bond motifs is 4. The summed E-state index contributed by atoms with van der Waals surface area (Å²) in [4.78, 5) is 4.86. The summed E-state index contributed by atoms with van der Waals surface area (Å²) in [5.41, 5.74) is 16.0. The molecule has 0 heterocycles. The number of para-hydroxylation sites is 4. The van der Waals surface area contributed by atoms with Crippen LogP contribution in [0.15, 0.2) is 291 Å². The minimum atomic E-state index is 1.08. The highest BCUT2D eigenvalue weighted by atomic mass is 15.1. The van der Waals surface area contributed by atoms with E-state index in [0.717, 1.165) is 45.3 Å². The zero-order chi connectivity index (χ0) is 47.8. The van der Waals surface area contributed by atoms with E-state index in [1.165, 1.54) is 76.5 Å². The minimum Gasteiger partial charge on any atom is -0.310 e. The highest BCUT2D eigenvalue weighted by Crippen LogP contribution is 2.51. The van der Waals surface area contributed by atoms with Gasteiger partial charge in [0.05, 0.1) is 11.4 Å². The Labute approximate surface area is 420 Å². The van der Waals surface area contributed by atoms with Crippen molar-refractivity contribution in [2.24, 2.45) is 0 Å². The van der Waals surface area contributed by atoms with Gasteiger partial charge in [0.2, 0.25) is 0 Å². The molecule has 2 nitrogen and oxygen atoms in total. The first-order valence-corrected chi connectivity index (χ1v) is 24.8. The van der Waals surface area contributed by atoms with E-state index in [9.17, 15) is 0 Å². The first-order valence-electron chi connectivity index (χ1n) is 24.8. The SMILES string of the molecule is c1ccc(-c2ccccc2N(c2ccccc2)c2ccc3c(-c4cccc5ccccc45)c4cc(N(c5ccccc5)c5ccccc5-c5ccccc5)ccc4c(-c4ccc5ccccc5c4)c3c2)cc1. The van der Waals surface area contributed by atoms with Gasteiger partial charge in [0.15, 0.2) is 0 Å². The molecule has 0 radical (unpaired) electrons. The molecule has 13 aromatic carbocycles. The summed E-state index contributed by atoms with van der Waals surface area (Å²) in [7, 11) is 0. The summed E-state index contributed by atoms with van der Waals surface area (Å²) in [6.07, 6.45) is 0. The van der Waals surface area contributed by atoms with Crippen LogP contribution in [0.2, 0.25) is 0 Å². The molecule has 0 aromatic heterocycles. The van der Waals surface area contributed by atoms with Gasteiger partial charge in [0.25, 0.3) is 0 Å². The quantitative estimate of drug-likeness (QED) is 0.126. The van der Waals surface area contributed by atoms with Gasteiger partial charge >= 0.3 is 0 Å². The lowest BCUT2D eigenvalue weighted by atomic mass is 9.83. The predicted octanol–water partition coefficient (Wildman–Crippen LogP) is 19.9. The Kier molecular flexibility index (Phi) is 10.9. The molecule has 13 rings (SSSR count). The molecule has 0 saturated heterocycles. The van der Waals surface area contributed by atoms with Gasteiger partial charge in [-0.05, 0) is 143 Å². The summed E-state index contributed by atoms with van der Waals surface area (Å²) in [6.45, 7) is 0. The third-order valence-electron chi connectivity index (χ3n) is 14.2. The molecule has 72 heavy (non-hydrogen) atoms. The van der Waals surface area contributed by atoms with Crippen molar-refractivity contribution in [2.75, 3.05) is 9.80 Å². The Morgan fingerprint density at radius 1 is 0.194 bits per heavy atom. The second-order valence-corrected chi connectivity index (χ2v) is 18.4. The molecule has 0 aliphatic carbocycles.